The topological polar surface area (TPSA) is 101 Å². The lowest BCUT2D eigenvalue weighted by Crippen LogP contribution is -2.53. The van der Waals surface area contributed by atoms with Crippen LogP contribution in [0.3, 0.4) is 0 Å². The smallest absolute Gasteiger partial charge is 0.430 e. The van der Waals surface area contributed by atoms with E-state index in [1.807, 2.05) is 6.07 Å². The predicted molar refractivity (Wildman–Crippen MR) is 148 cm³/mol. The van der Waals surface area contributed by atoms with Crippen LogP contribution in [0.4, 0.5) is 31.1 Å². The number of amides is 3. The highest BCUT2D eigenvalue weighted by Gasteiger charge is 2.71. The van der Waals surface area contributed by atoms with Crippen LogP contribution in [0.1, 0.15) is 53.6 Å². The Hall–Kier alpha value is -4.33. The predicted octanol–water partition coefficient (Wildman–Crippen LogP) is 6.35. The first-order valence-corrected chi connectivity index (χ1v) is 14.0. The Bertz CT molecular complexity index is 1640. The van der Waals surface area contributed by atoms with Gasteiger partial charge in [0.2, 0.25) is 5.88 Å². The van der Waals surface area contributed by atoms with Crippen LogP contribution in [0.5, 0.6) is 17.4 Å². The first-order valence-electron chi connectivity index (χ1n) is 14.0. The van der Waals surface area contributed by atoms with E-state index in [-0.39, 0.29) is 30.2 Å². The number of fused-ring (bicyclic) bond motifs is 1. The van der Waals surface area contributed by atoms with E-state index in [2.05, 4.69) is 10.3 Å². The summed E-state index contributed by atoms with van der Waals surface area (Å²) in [6.45, 7) is 5.33. The van der Waals surface area contributed by atoms with Crippen LogP contribution in [-0.2, 0) is 35.3 Å². The molecule has 1 fully saturated rings. The second-order valence-corrected chi connectivity index (χ2v) is 11.2. The van der Waals surface area contributed by atoms with Gasteiger partial charge in [0.1, 0.15) is 17.0 Å². The van der Waals surface area contributed by atoms with Crippen molar-refractivity contribution in [2.45, 2.75) is 70.1 Å². The lowest BCUT2D eigenvalue weighted by molar-refractivity contribution is -0.376. The average molecular weight is 638 g/mol. The number of rotatable bonds is 8. The maximum atomic E-state index is 13.6. The molecule has 5 rings (SSSR count). The molecule has 2 aliphatic rings. The van der Waals surface area contributed by atoms with Crippen molar-refractivity contribution in [3.05, 3.63) is 82.0 Å². The third-order valence-electron chi connectivity index (χ3n) is 8.09. The molecular weight excluding hydrogens is 608 g/mol. The Morgan fingerprint density at radius 1 is 1.04 bits per heavy atom. The molecule has 1 saturated heterocycles. The van der Waals surface area contributed by atoms with Crippen molar-refractivity contribution in [2.75, 3.05) is 6.61 Å². The van der Waals surface area contributed by atoms with Crippen LogP contribution in [0.15, 0.2) is 48.7 Å². The van der Waals surface area contributed by atoms with E-state index in [0.717, 1.165) is 22.3 Å². The summed E-state index contributed by atoms with van der Waals surface area (Å²) in [5, 5.41) is 12.6. The summed E-state index contributed by atoms with van der Waals surface area (Å²) in [4.78, 5) is 31.8. The first kappa shape index (κ1) is 32.1. The van der Waals surface area contributed by atoms with Gasteiger partial charge in [-0.2, -0.15) is 26.3 Å². The summed E-state index contributed by atoms with van der Waals surface area (Å²) in [5.74, 6) is 0.0885. The Labute approximate surface area is 254 Å². The van der Waals surface area contributed by atoms with Crippen molar-refractivity contribution in [1.82, 2.24) is 15.2 Å². The number of alkyl halides is 6. The van der Waals surface area contributed by atoms with Gasteiger partial charge in [-0.1, -0.05) is 25.5 Å². The van der Waals surface area contributed by atoms with Crippen molar-refractivity contribution in [3.63, 3.8) is 0 Å². The normalized spacial score (nSPS) is 18.6. The Kier molecular flexibility index (Phi) is 8.01. The third-order valence-corrected chi connectivity index (χ3v) is 8.09. The summed E-state index contributed by atoms with van der Waals surface area (Å²) in [6.07, 6.45) is -9.61. The molecule has 240 valence electrons. The fraction of sp³-hybridized carbons (Fsp3) is 0.387. The number of carbonyl (C=O) groups excluding carboxylic acids is 2. The number of hydrogen-bond donors (Lipinski definition) is 2. The maximum absolute atomic E-state index is 13.6. The average Bonchev–Trinajstić information content (AvgIpc) is 3.52. The molecular formula is C31H29F6N3O5. The highest BCUT2D eigenvalue weighted by molar-refractivity contribution is 6.07. The molecule has 2 aromatic carbocycles. The summed E-state index contributed by atoms with van der Waals surface area (Å²) < 4.78 is 92.2. The van der Waals surface area contributed by atoms with Crippen molar-refractivity contribution in [2.24, 2.45) is 0 Å². The third kappa shape index (κ3) is 5.55. The summed E-state index contributed by atoms with van der Waals surface area (Å²) in [5.41, 5.74) is -5.25. The van der Waals surface area contributed by atoms with Crippen LogP contribution in [0.25, 0.3) is 0 Å². The number of pyridine rings is 1. The van der Waals surface area contributed by atoms with E-state index in [1.54, 1.807) is 32.9 Å². The molecule has 3 heterocycles. The van der Waals surface area contributed by atoms with Crippen molar-refractivity contribution >= 4 is 11.9 Å². The fourth-order valence-corrected chi connectivity index (χ4v) is 5.44. The number of nitrogens with one attached hydrogen (secondary N) is 1. The van der Waals surface area contributed by atoms with Gasteiger partial charge in [-0.25, -0.2) is 9.78 Å². The summed E-state index contributed by atoms with van der Waals surface area (Å²) in [6, 6.07) is 8.15. The lowest BCUT2D eigenvalue weighted by Gasteiger charge is -2.33. The molecule has 1 atom stereocenters. The molecule has 0 radical (unpaired) electrons. The standard InChI is InChI=1S/C31H29F6N3O5/c1-4-5-18-13-22(29(43,30(32,33)34)31(35,36)37)7-9-24(18)45-25-14-20(17(2)15-38-25)16-40-26(41)28(3,39-27(40)42)21-6-8-23-19(12-21)10-11-44-23/h6-9,12-15,43H,4-5,10-11,16H2,1-3H3,(H,39,42). The molecule has 3 amide bonds. The van der Waals surface area contributed by atoms with Gasteiger partial charge in [0, 0.05) is 24.2 Å². The van der Waals surface area contributed by atoms with Gasteiger partial charge in [0.05, 0.1) is 13.2 Å². The zero-order valence-electron chi connectivity index (χ0n) is 24.4. The van der Waals surface area contributed by atoms with Gasteiger partial charge in [-0.05, 0) is 72.4 Å². The molecule has 2 N–H and O–H groups in total. The van der Waals surface area contributed by atoms with Gasteiger partial charge in [0.15, 0.2) is 0 Å². The second-order valence-electron chi connectivity index (χ2n) is 11.2. The monoisotopic (exact) mass is 637 g/mol. The van der Waals surface area contributed by atoms with Crippen molar-refractivity contribution < 1.29 is 50.5 Å². The zero-order chi connectivity index (χ0) is 32.9. The largest absolute Gasteiger partial charge is 0.493 e. The van der Waals surface area contributed by atoms with E-state index in [9.17, 15) is 41.0 Å². The van der Waals surface area contributed by atoms with Gasteiger partial charge >= 0.3 is 18.4 Å². The lowest BCUT2D eigenvalue weighted by atomic mass is 9.90. The molecule has 45 heavy (non-hydrogen) atoms. The molecule has 0 spiro atoms. The zero-order valence-corrected chi connectivity index (χ0v) is 24.4. The van der Waals surface area contributed by atoms with Crippen LogP contribution in [0.2, 0.25) is 0 Å². The highest BCUT2D eigenvalue weighted by atomic mass is 19.4. The molecule has 0 aliphatic carbocycles. The molecule has 8 nitrogen and oxygen atoms in total. The molecule has 2 aliphatic heterocycles. The first-order chi connectivity index (χ1) is 21.0. The molecule has 1 aromatic heterocycles. The van der Waals surface area contributed by atoms with Crippen LogP contribution in [0, 0.1) is 6.92 Å². The number of nitrogens with zero attached hydrogens (tertiary/aromatic N) is 2. The number of benzene rings is 2. The van der Waals surface area contributed by atoms with Gasteiger partial charge < -0.3 is 19.9 Å². The molecule has 0 saturated carbocycles. The SMILES string of the molecule is CCCc1cc(C(O)(C(F)(F)F)C(F)(F)F)ccc1Oc1cc(CN2C(=O)NC(C)(c3ccc4c(c3)CCO4)C2=O)c(C)cn1. The van der Waals surface area contributed by atoms with E-state index < -0.39 is 41.0 Å². The van der Waals surface area contributed by atoms with Crippen LogP contribution in [-0.4, -0.2) is 45.9 Å². The molecule has 14 heteroatoms. The molecule has 1 unspecified atom stereocenters. The van der Waals surface area contributed by atoms with Crippen molar-refractivity contribution in [3.8, 4) is 17.4 Å². The molecule has 0 bridgehead atoms. The van der Waals surface area contributed by atoms with E-state index >= 15 is 0 Å². The Morgan fingerprint density at radius 2 is 1.76 bits per heavy atom. The second kappa shape index (κ2) is 11.2. The maximum Gasteiger partial charge on any atom is 0.430 e. The minimum absolute atomic E-state index is 0.0181. The number of aryl methyl sites for hydroxylation is 2. The van der Waals surface area contributed by atoms with Gasteiger partial charge in [-0.15, -0.1) is 0 Å². The number of halogens is 6. The highest BCUT2D eigenvalue weighted by Crippen LogP contribution is 2.50. The number of hydrogen-bond acceptors (Lipinski definition) is 6. The quantitative estimate of drug-likeness (QED) is 0.221. The number of aliphatic hydroxyl groups is 1. The minimum atomic E-state index is -6.03. The summed E-state index contributed by atoms with van der Waals surface area (Å²) >= 11 is 0. The molecule has 3 aromatic rings. The number of ether oxygens (including phenoxy) is 2. The Morgan fingerprint density at radius 3 is 2.42 bits per heavy atom. The van der Waals surface area contributed by atoms with Crippen LogP contribution < -0.4 is 14.8 Å². The van der Waals surface area contributed by atoms with Crippen molar-refractivity contribution in [1.29, 1.82) is 0 Å². The number of aromatic nitrogens is 1. The van der Waals surface area contributed by atoms with Gasteiger partial charge in [-0.3, -0.25) is 9.69 Å². The number of imide groups is 1. The van der Waals surface area contributed by atoms with E-state index in [1.165, 1.54) is 12.3 Å². The van der Waals surface area contributed by atoms with E-state index in [0.29, 0.717) is 48.3 Å². The number of carbonyl (C=O) groups is 2. The number of urea groups is 1. The summed E-state index contributed by atoms with van der Waals surface area (Å²) in [7, 11) is 0. The van der Waals surface area contributed by atoms with E-state index in [4.69, 9.17) is 9.47 Å². The van der Waals surface area contributed by atoms with Crippen LogP contribution >= 0.6 is 0 Å². The fourth-order valence-electron chi connectivity index (χ4n) is 5.44. The Balaban J connectivity index is 1.41. The minimum Gasteiger partial charge on any atom is -0.493 e. The van der Waals surface area contributed by atoms with Gasteiger partial charge in [0.25, 0.3) is 11.5 Å².